The number of nitrogens with zero attached hydrogens (tertiary/aromatic N) is 4. The van der Waals surface area contributed by atoms with Crippen molar-refractivity contribution in [3.63, 3.8) is 0 Å². The minimum absolute atomic E-state index is 0.0134. The highest BCUT2D eigenvalue weighted by Crippen LogP contribution is 2.28. The third kappa shape index (κ3) is 3.45. The average Bonchev–Trinajstić information content (AvgIpc) is 3.33. The van der Waals surface area contributed by atoms with Crippen molar-refractivity contribution in [2.75, 3.05) is 11.5 Å². The zero-order valence-electron chi connectivity index (χ0n) is 13.6. The largest absolute Gasteiger partial charge is 0.486 e. The molecule has 0 N–H and O–H groups in total. The molecule has 3 heterocycles. The lowest BCUT2D eigenvalue weighted by molar-refractivity contribution is 0.293. The normalized spacial score (nSPS) is 18.9. The highest BCUT2D eigenvalue weighted by atomic mass is 32.2. The molecule has 4 rings (SSSR count). The summed E-state index contributed by atoms with van der Waals surface area (Å²) in [5.74, 6) is 1.07. The Morgan fingerprint density at radius 2 is 2.08 bits per heavy atom. The molecule has 1 aliphatic rings. The number of hydrogen-bond acceptors (Lipinski definition) is 7. The zero-order valence-corrected chi connectivity index (χ0v) is 14.4. The molecule has 1 saturated heterocycles. The number of ether oxygens (including phenoxy) is 1. The maximum atomic E-state index is 13.0. The van der Waals surface area contributed by atoms with E-state index in [4.69, 9.17) is 9.26 Å². The maximum Gasteiger partial charge on any atom is 0.188 e. The molecule has 1 aliphatic heterocycles. The molecule has 0 bridgehead atoms. The number of rotatable bonds is 5. The fourth-order valence-corrected chi connectivity index (χ4v) is 4.52. The smallest absolute Gasteiger partial charge is 0.188 e. The van der Waals surface area contributed by atoms with Gasteiger partial charge in [-0.1, -0.05) is 5.16 Å². The fraction of sp³-hybridized carbons (Fsp3) is 0.312. The van der Waals surface area contributed by atoms with Crippen LogP contribution in [0.1, 0.15) is 18.3 Å². The van der Waals surface area contributed by atoms with E-state index >= 15 is 0 Å². The summed E-state index contributed by atoms with van der Waals surface area (Å²) in [6, 6.07) is 6.94. The maximum absolute atomic E-state index is 13.0. The van der Waals surface area contributed by atoms with Crippen LogP contribution in [0.25, 0.3) is 11.5 Å². The average molecular weight is 378 g/mol. The minimum Gasteiger partial charge on any atom is -0.486 e. The van der Waals surface area contributed by atoms with Gasteiger partial charge >= 0.3 is 0 Å². The van der Waals surface area contributed by atoms with E-state index in [1.54, 1.807) is 10.7 Å². The van der Waals surface area contributed by atoms with E-state index in [-0.39, 0.29) is 30.0 Å². The summed E-state index contributed by atoms with van der Waals surface area (Å²) in [6.07, 6.45) is 1.88. The molecule has 26 heavy (non-hydrogen) atoms. The Balaban J connectivity index is 1.60. The molecule has 3 aromatic rings. The molecule has 0 aliphatic carbocycles. The van der Waals surface area contributed by atoms with E-state index in [0.29, 0.717) is 29.5 Å². The van der Waals surface area contributed by atoms with Crippen LogP contribution in [0.5, 0.6) is 5.75 Å². The van der Waals surface area contributed by atoms with Gasteiger partial charge in [-0.3, -0.25) is 0 Å². The molecular weight excluding hydrogens is 363 g/mol. The Morgan fingerprint density at radius 1 is 1.27 bits per heavy atom. The summed E-state index contributed by atoms with van der Waals surface area (Å²) in [6.45, 7) is 0.0585. The van der Waals surface area contributed by atoms with E-state index < -0.39 is 9.84 Å². The van der Waals surface area contributed by atoms with E-state index in [1.807, 2.05) is 0 Å². The third-order valence-electron chi connectivity index (χ3n) is 4.08. The Bertz CT molecular complexity index is 1000. The van der Waals surface area contributed by atoms with E-state index in [9.17, 15) is 12.8 Å². The van der Waals surface area contributed by atoms with Crippen molar-refractivity contribution in [3.8, 4) is 17.3 Å². The van der Waals surface area contributed by atoms with Crippen molar-refractivity contribution in [2.24, 2.45) is 0 Å². The highest BCUT2D eigenvalue weighted by Gasteiger charge is 2.32. The summed E-state index contributed by atoms with van der Waals surface area (Å²) >= 11 is 0. The van der Waals surface area contributed by atoms with Crippen molar-refractivity contribution in [3.05, 3.63) is 48.2 Å². The van der Waals surface area contributed by atoms with Crippen LogP contribution in [0.4, 0.5) is 4.39 Å². The van der Waals surface area contributed by atoms with Crippen LogP contribution in [0.15, 0.2) is 41.1 Å². The minimum atomic E-state index is -3.08. The molecule has 2 aromatic heterocycles. The number of benzene rings is 1. The molecule has 0 spiro atoms. The van der Waals surface area contributed by atoms with Gasteiger partial charge in [0.15, 0.2) is 27.2 Å². The predicted molar refractivity (Wildman–Crippen MR) is 88.6 cm³/mol. The number of halogens is 1. The first-order valence-electron chi connectivity index (χ1n) is 7.95. The lowest BCUT2D eigenvalue weighted by Gasteiger charge is -2.09. The van der Waals surface area contributed by atoms with Crippen LogP contribution in [-0.4, -0.2) is 39.8 Å². The van der Waals surface area contributed by atoms with Crippen molar-refractivity contribution in [1.82, 2.24) is 19.9 Å². The van der Waals surface area contributed by atoms with Gasteiger partial charge in [-0.05, 0) is 30.7 Å². The van der Waals surface area contributed by atoms with Gasteiger partial charge in [0.25, 0.3) is 0 Å². The lowest BCUT2D eigenvalue weighted by Crippen LogP contribution is -2.14. The Kier molecular flexibility index (Phi) is 4.19. The molecule has 10 heteroatoms. The van der Waals surface area contributed by atoms with Crippen LogP contribution in [0.2, 0.25) is 0 Å². The van der Waals surface area contributed by atoms with Gasteiger partial charge in [0.1, 0.15) is 24.4 Å². The number of aromatic nitrogens is 4. The molecule has 0 amide bonds. The first-order chi connectivity index (χ1) is 12.5. The lowest BCUT2D eigenvalue weighted by atomic mass is 10.2. The fourth-order valence-electron chi connectivity index (χ4n) is 2.83. The summed E-state index contributed by atoms with van der Waals surface area (Å²) in [4.78, 5) is 4.41. The predicted octanol–water partition coefficient (Wildman–Crippen LogP) is 2.01. The van der Waals surface area contributed by atoms with Gasteiger partial charge < -0.3 is 9.26 Å². The van der Waals surface area contributed by atoms with Gasteiger partial charge in [-0.25, -0.2) is 22.5 Å². The zero-order chi connectivity index (χ0) is 18.1. The van der Waals surface area contributed by atoms with Gasteiger partial charge in [0.05, 0.1) is 17.5 Å². The number of hydrogen-bond donors (Lipinski definition) is 0. The van der Waals surface area contributed by atoms with Crippen molar-refractivity contribution >= 4 is 9.84 Å². The summed E-state index contributed by atoms with van der Waals surface area (Å²) < 4.78 is 48.6. The summed E-state index contributed by atoms with van der Waals surface area (Å²) in [7, 11) is -3.08. The molecule has 1 aromatic carbocycles. The SMILES string of the molecule is O=S1(=O)CC[C@@H](n2nc(COc3ccc(F)cc3)nc2-c2ccon2)C1. The van der Waals surface area contributed by atoms with Crippen LogP contribution in [0, 0.1) is 5.82 Å². The second-order valence-electron chi connectivity index (χ2n) is 5.98. The molecular formula is C16H15FN4O4S. The van der Waals surface area contributed by atoms with Crippen molar-refractivity contribution in [1.29, 1.82) is 0 Å². The van der Waals surface area contributed by atoms with Crippen LogP contribution in [0.3, 0.4) is 0 Å². The van der Waals surface area contributed by atoms with E-state index in [1.165, 1.54) is 30.5 Å². The molecule has 1 fully saturated rings. The Hall–Kier alpha value is -2.75. The van der Waals surface area contributed by atoms with Crippen molar-refractivity contribution in [2.45, 2.75) is 19.1 Å². The monoisotopic (exact) mass is 378 g/mol. The van der Waals surface area contributed by atoms with Gasteiger partial charge in [-0.15, -0.1) is 0 Å². The molecule has 136 valence electrons. The highest BCUT2D eigenvalue weighted by molar-refractivity contribution is 7.91. The summed E-state index contributed by atoms with van der Waals surface area (Å²) in [5.41, 5.74) is 0.467. The quantitative estimate of drug-likeness (QED) is 0.669. The molecule has 1 atom stereocenters. The molecule has 0 radical (unpaired) electrons. The molecule has 8 nitrogen and oxygen atoms in total. The van der Waals surface area contributed by atoms with E-state index in [2.05, 4.69) is 15.2 Å². The molecule has 0 saturated carbocycles. The topological polar surface area (TPSA) is 100 Å². The second-order valence-corrected chi connectivity index (χ2v) is 8.21. The van der Waals surface area contributed by atoms with Crippen LogP contribution in [-0.2, 0) is 16.4 Å². The van der Waals surface area contributed by atoms with Crippen LogP contribution >= 0.6 is 0 Å². The van der Waals surface area contributed by atoms with Crippen LogP contribution < -0.4 is 4.74 Å². The van der Waals surface area contributed by atoms with E-state index in [0.717, 1.165) is 0 Å². The van der Waals surface area contributed by atoms with Gasteiger partial charge in [0, 0.05) is 6.07 Å². The standard InChI is InChI=1S/C16H15FN4O4S/c17-11-1-3-13(4-2-11)24-9-15-18-16(14-5-7-25-20-14)21(19-15)12-6-8-26(22,23)10-12/h1-5,7,12H,6,8-10H2/t12-/m1/s1. The Morgan fingerprint density at radius 3 is 2.73 bits per heavy atom. The summed E-state index contributed by atoms with van der Waals surface area (Å²) in [5, 5.41) is 8.27. The first-order valence-corrected chi connectivity index (χ1v) is 9.77. The van der Waals surface area contributed by atoms with Gasteiger partial charge in [-0.2, -0.15) is 5.10 Å². The molecule has 0 unspecified atom stereocenters. The second kappa shape index (κ2) is 6.52. The van der Waals surface area contributed by atoms with Crippen molar-refractivity contribution < 1.29 is 22.1 Å². The Labute approximate surface area is 148 Å². The first kappa shape index (κ1) is 16.7. The van der Waals surface area contributed by atoms with Gasteiger partial charge in [0.2, 0.25) is 0 Å². The number of sulfone groups is 1. The third-order valence-corrected chi connectivity index (χ3v) is 5.83.